The van der Waals surface area contributed by atoms with Gasteiger partial charge in [-0.3, -0.25) is 10.1 Å². The highest BCUT2D eigenvalue weighted by atomic mass is 32.2. The van der Waals surface area contributed by atoms with Crippen molar-refractivity contribution in [2.24, 2.45) is 5.14 Å². The largest absolute Gasteiger partial charge is 0.324 e. The summed E-state index contributed by atoms with van der Waals surface area (Å²) in [6, 6.07) is 2.66. The minimum absolute atomic E-state index is 0.124. The Labute approximate surface area is 120 Å². The lowest BCUT2D eigenvalue weighted by atomic mass is 10.3. The van der Waals surface area contributed by atoms with E-state index in [-0.39, 0.29) is 13.0 Å². The highest BCUT2D eigenvalue weighted by molar-refractivity contribution is 7.89. The average molecular weight is 341 g/mol. The molecule has 21 heavy (non-hydrogen) atoms. The lowest BCUT2D eigenvalue weighted by molar-refractivity contribution is -0.390. The van der Waals surface area contributed by atoms with Crippen molar-refractivity contribution in [2.45, 2.75) is 11.3 Å². The molecule has 1 aromatic carbocycles. The normalized spacial score (nSPS) is 12.3. The van der Waals surface area contributed by atoms with Gasteiger partial charge in [-0.15, -0.1) is 0 Å². The Morgan fingerprint density at radius 2 is 1.90 bits per heavy atom. The molecule has 0 saturated heterocycles. The van der Waals surface area contributed by atoms with Crippen LogP contribution < -0.4 is 9.86 Å². The maximum atomic E-state index is 13.3. The molecule has 0 aliphatic carbocycles. The average Bonchev–Trinajstić information content (AvgIpc) is 2.33. The van der Waals surface area contributed by atoms with Crippen LogP contribution in [0, 0.1) is 15.9 Å². The molecular weight excluding hydrogens is 329 g/mol. The zero-order chi connectivity index (χ0) is 16.3. The quantitative estimate of drug-likeness (QED) is 0.394. The Hall–Kier alpha value is -1.63. The van der Waals surface area contributed by atoms with Gasteiger partial charge >= 0.3 is 5.69 Å². The number of halogens is 1. The fourth-order valence-corrected chi connectivity index (χ4v) is 3.25. The maximum Gasteiger partial charge on any atom is 0.324 e. The van der Waals surface area contributed by atoms with Crippen LogP contribution in [0.2, 0.25) is 0 Å². The number of primary sulfonamides is 1. The van der Waals surface area contributed by atoms with Gasteiger partial charge < -0.3 is 0 Å². The van der Waals surface area contributed by atoms with Crippen molar-refractivity contribution in [3.8, 4) is 0 Å². The summed E-state index contributed by atoms with van der Waals surface area (Å²) in [5, 5.41) is 15.5. The third-order valence-electron chi connectivity index (χ3n) is 2.32. The van der Waals surface area contributed by atoms with Crippen molar-refractivity contribution in [2.75, 3.05) is 12.3 Å². The molecule has 1 rings (SSSR count). The van der Waals surface area contributed by atoms with Crippen molar-refractivity contribution >= 4 is 25.7 Å². The first-order valence-corrected chi connectivity index (χ1v) is 8.67. The summed E-state index contributed by atoms with van der Waals surface area (Å²) >= 11 is 0. The van der Waals surface area contributed by atoms with Gasteiger partial charge in [0.25, 0.3) is 0 Å². The number of hydrogen-bond acceptors (Lipinski definition) is 6. The van der Waals surface area contributed by atoms with Crippen LogP contribution in [0.25, 0.3) is 0 Å². The van der Waals surface area contributed by atoms with E-state index in [0.717, 1.165) is 18.2 Å². The number of sulfonamides is 2. The molecule has 12 heteroatoms. The van der Waals surface area contributed by atoms with Crippen molar-refractivity contribution in [3.63, 3.8) is 0 Å². The Kier molecular flexibility index (Phi) is 5.33. The summed E-state index contributed by atoms with van der Waals surface area (Å²) < 4.78 is 60.4. The number of nitro benzene ring substituents is 1. The Balaban J connectivity index is 2.94. The number of nitrogens with zero attached hydrogens (tertiary/aromatic N) is 1. The zero-order valence-electron chi connectivity index (χ0n) is 10.5. The van der Waals surface area contributed by atoms with Crippen molar-refractivity contribution < 1.29 is 26.1 Å². The maximum absolute atomic E-state index is 13.3. The van der Waals surface area contributed by atoms with E-state index >= 15 is 0 Å². The molecule has 0 aliphatic rings. The van der Waals surface area contributed by atoms with Gasteiger partial charge in [0.2, 0.25) is 25.9 Å². The molecule has 0 atom stereocenters. The lowest BCUT2D eigenvalue weighted by Gasteiger charge is -2.07. The first kappa shape index (κ1) is 17.4. The summed E-state index contributed by atoms with van der Waals surface area (Å²) in [4.78, 5) is 8.75. The van der Waals surface area contributed by atoms with E-state index in [4.69, 9.17) is 5.14 Å². The molecule has 0 unspecified atom stereocenters. The van der Waals surface area contributed by atoms with E-state index in [0.29, 0.717) is 0 Å². The Morgan fingerprint density at radius 1 is 1.29 bits per heavy atom. The van der Waals surface area contributed by atoms with Gasteiger partial charge in [-0.2, -0.15) is 4.39 Å². The van der Waals surface area contributed by atoms with Gasteiger partial charge in [0.1, 0.15) is 0 Å². The molecular formula is C9H12FN3O6S2. The number of hydrogen-bond donors (Lipinski definition) is 2. The highest BCUT2D eigenvalue weighted by Crippen LogP contribution is 2.26. The highest BCUT2D eigenvalue weighted by Gasteiger charge is 2.29. The summed E-state index contributed by atoms with van der Waals surface area (Å²) in [7, 11) is -8.08. The van der Waals surface area contributed by atoms with E-state index in [9.17, 15) is 31.3 Å². The van der Waals surface area contributed by atoms with Crippen LogP contribution in [0.4, 0.5) is 10.1 Å². The number of para-hydroxylation sites is 1. The molecule has 0 saturated carbocycles. The second kappa shape index (κ2) is 6.43. The third kappa shape index (κ3) is 5.00. The molecule has 0 heterocycles. The predicted octanol–water partition coefficient (Wildman–Crippen LogP) is -0.309. The van der Waals surface area contributed by atoms with Gasteiger partial charge in [0.15, 0.2) is 4.90 Å². The van der Waals surface area contributed by atoms with Crippen molar-refractivity contribution in [1.82, 2.24) is 4.72 Å². The first-order valence-electron chi connectivity index (χ1n) is 5.47. The first-order chi connectivity index (χ1) is 9.54. The molecule has 0 aliphatic heterocycles. The SMILES string of the molecule is NS(=O)(=O)CCCNS(=O)(=O)c1cccc(F)c1[N+](=O)[O-]. The van der Waals surface area contributed by atoms with E-state index in [1.54, 1.807) is 0 Å². The van der Waals surface area contributed by atoms with Crippen LogP contribution in [0.15, 0.2) is 23.1 Å². The molecule has 0 bridgehead atoms. The van der Waals surface area contributed by atoms with Crippen molar-refractivity contribution in [3.05, 3.63) is 34.1 Å². The third-order valence-corrected chi connectivity index (χ3v) is 4.67. The topological polar surface area (TPSA) is 149 Å². The van der Waals surface area contributed by atoms with Crippen LogP contribution in [0.3, 0.4) is 0 Å². The lowest BCUT2D eigenvalue weighted by Crippen LogP contribution is -2.28. The number of nitrogens with one attached hydrogen (secondary N) is 1. The molecule has 118 valence electrons. The van der Waals surface area contributed by atoms with Gasteiger partial charge in [-0.1, -0.05) is 6.07 Å². The van der Waals surface area contributed by atoms with Crippen LogP contribution in [0.5, 0.6) is 0 Å². The number of benzene rings is 1. The summed E-state index contributed by atoms with van der Waals surface area (Å²) in [5.41, 5.74) is -1.17. The molecule has 1 aromatic rings. The minimum atomic E-state index is -4.34. The fourth-order valence-electron chi connectivity index (χ4n) is 1.45. The monoisotopic (exact) mass is 341 g/mol. The number of rotatable bonds is 7. The summed E-state index contributed by atoms with van der Waals surface area (Å²) in [6.45, 7) is -0.313. The zero-order valence-corrected chi connectivity index (χ0v) is 12.2. The van der Waals surface area contributed by atoms with Crippen LogP contribution in [-0.4, -0.2) is 34.1 Å². The van der Waals surface area contributed by atoms with Gasteiger partial charge in [-0.25, -0.2) is 26.7 Å². The van der Waals surface area contributed by atoms with Crippen LogP contribution >= 0.6 is 0 Å². The van der Waals surface area contributed by atoms with E-state index < -0.39 is 47.1 Å². The van der Waals surface area contributed by atoms with E-state index in [1.165, 1.54) is 0 Å². The molecule has 0 radical (unpaired) electrons. The molecule has 9 nitrogen and oxygen atoms in total. The molecule has 0 amide bonds. The molecule has 0 spiro atoms. The van der Waals surface area contributed by atoms with E-state index in [1.807, 2.05) is 4.72 Å². The number of nitrogens with two attached hydrogens (primary N) is 1. The Bertz CT molecular complexity index is 747. The minimum Gasteiger partial charge on any atom is -0.258 e. The summed E-state index contributed by atoms with van der Waals surface area (Å²) in [5.74, 6) is -1.74. The van der Waals surface area contributed by atoms with Crippen LogP contribution in [0.1, 0.15) is 6.42 Å². The van der Waals surface area contributed by atoms with Gasteiger partial charge in [0.05, 0.1) is 10.7 Å². The fraction of sp³-hybridized carbons (Fsp3) is 0.333. The number of nitro groups is 1. The molecule has 0 aromatic heterocycles. The smallest absolute Gasteiger partial charge is 0.258 e. The van der Waals surface area contributed by atoms with Crippen LogP contribution in [-0.2, 0) is 20.0 Å². The molecule has 0 fully saturated rings. The van der Waals surface area contributed by atoms with E-state index in [2.05, 4.69) is 0 Å². The Morgan fingerprint density at radius 3 is 2.43 bits per heavy atom. The van der Waals surface area contributed by atoms with Gasteiger partial charge in [0, 0.05) is 6.54 Å². The second-order valence-electron chi connectivity index (χ2n) is 3.96. The standard InChI is InChI=1S/C9H12FN3O6S2/c10-7-3-1-4-8(9(7)13(14)15)21(18,19)12-5-2-6-20(11,16)17/h1,3-4,12H,2,5-6H2,(H2,11,16,17). The second-order valence-corrected chi connectivity index (χ2v) is 7.43. The predicted molar refractivity (Wildman–Crippen MR) is 70.8 cm³/mol. The molecule has 3 N–H and O–H groups in total. The van der Waals surface area contributed by atoms with Gasteiger partial charge in [-0.05, 0) is 18.6 Å². The summed E-state index contributed by atoms with van der Waals surface area (Å²) in [6.07, 6.45) is -0.124. The van der Waals surface area contributed by atoms with Crippen molar-refractivity contribution in [1.29, 1.82) is 0 Å².